The number of aromatic nitrogens is 4. The minimum absolute atomic E-state index is 0.000734. The van der Waals surface area contributed by atoms with Crippen molar-refractivity contribution in [2.24, 2.45) is 5.92 Å². The lowest BCUT2D eigenvalue weighted by Gasteiger charge is -2.45. The predicted molar refractivity (Wildman–Crippen MR) is 123 cm³/mol. The first-order valence-corrected chi connectivity index (χ1v) is 11.5. The molecule has 34 heavy (non-hydrogen) atoms. The number of imidazole rings is 1. The fraction of sp³-hybridized carbons (Fsp3) is 0.727. The summed E-state index contributed by atoms with van der Waals surface area (Å²) < 4.78 is 8.05. The first kappa shape index (κ1) is 26.2. The van der Waals surface area contributed by atoms with Gasteiger partial charge >= 0.3 is 0 Å². The Morgan fingerprint density at radius 1 is 1.26 bits per heavy atom. The number of amides is 1. The van der Waals surface area contributed by atoms with Crippen LogP contribution in [0.1, 0.15) is 60.8 Å². The number of nitrogens with zero attached hydrogens (tertiary/aromatic N) is 3. The molecular weight excluding hydrogens is 446 g/mol. The number of H-pyrrole nitrogens is 1. The summed E-state index contributed by atoms with van der Waals surface area (Å²) in [6.07, 6.45) is 1.92. The summed E-state index contributed by atoms with van der Waals surface area (Å²) in [5.74, 6) is -0.721. The molecule has 1 amide bonds. The van der Waals surface area contributed by atoms with E-state index in [-0.39, 0.29) is 54.8 Å². The Kier molecular flexibility index (Phi) is 6.95. The van der Waals surface area contributed by atoms with Gasteiger partial charge in [0, 0.05) is 5.92 Å². The zero-order valence-corrected chi connectivity index (χ0v) is 20.8. The predicted octanol–water partition coefficient (Wildman–Crippen LogP) is 1.43. The van der Waals surface area contributed by atoms with Crippen LogP contribution >= 0.6 is 0 Å². The van der Waals surface area contributed by atoms with Crippen LogP contribution in [0, 0.1) is 5.92 Å². The number of rotatable bonds is 9. The quantitative estimate of drug-likeness (QED) is 0.307. The highest BCUT2D eigenvalue weighted by molar-refractivity contribution is 5.91. The molecular formula is C22H35N5O7. The fourth-order valence-electron chi connectivity index (χ4n) is 5.00. The maximum atomic E-state index is 12.7. The van der Waals surface area contributed by atoms with E-state index in [9.17, 15) is 19.8 Å². The summed E-state index contributed by atoms with van der Waals surface area (Å²) >= 11 is 0. The van der Waals surface area contributed by atoms with Crippen LogP contribution in [0.15, 0.2) is 11.1 Å². The number of anilines is 1. The van der Waals surface area contributed by atoms with Crippen molar-refractivity contribution in [1.29, 1.82) is 0 Å². The van der Waals surface area contributed by atoms with Gasteiger partial charge in [-0.05, 0) is 26.2 Å². The largest absolute Gasteiger partial charge is 0.384 e. The number of nitrogens with one attached hydrogen (secondary N) is 2. The summed E-state index contributed by atoms with van der Waals surface area (Å²) in [5, 5.41) is 26.5. The van der Waals surface area contributed by atoms with Crippen LogP contribution < -0.4 is 10.9 Å². The van der Waals surface area contributed by atoms with Crippen LogP contribution in [0.5, 0.6) is 0 Å². The average Bonchev–Trinajstić information content (AvgIpc) is 3.29. The first-order valence-electron chi connectivity index (χ1n) is 11.5. The van der Waals surface area contributed by atoms with Crippen molar-refractivity contribution in [3.8, 4) is 0 Å². The Labute approximate surface area is 197 Å². The van der Waals surface area contributed by atoms with Gasteiger partial charge in [-0.2, -0.15) is 4.98 Å². The molecule has 0 saturated carbocycles. The molecule has 3 rings (SSSR count). The molecule has 190 valence electrons. The van der Waals surface area contributed by atoms with Gasteiger partial charge in [-0.25, -0.2) is 14.8 Å². The number of aromatic amines is 1. The Hall–Kier alpha value is -2.38. The van der Waals surface area contributed by atoms with E-state index in [0.29, 0.717) is 0 Å². The average molecular weight is 482 g/mol. The molecule has 4 atom stereocenters. The topological polar surface area (TPSA) is 161 Å². The molecule has 2 aromatic heterocycles. The number of fused-ring (bicyclic) bond motifs is 1. The highest BCUT2D eigenvalue weighted by Gasteiger charge is 2.76. The van der Waals surface area contributed by atoms with Gasteiger partial charge in [-0.1, -0.05) is 34.6 Å². The second kappa shape index (κ2) is 9.00. The van der Waals surface area contributed by atoms with Crippen molar-refractivity contribution in [3.63, 3.8) is 0 Å². The molecule has 1 aliphatic heterocycles. The van der Waals surface area contributed by atoms with Gasteiger partial charge < -0.3 is 14.9 Å². The monoisotopic (exact) mass is 481 g/mol. The maximum Gasteiger partial charge on any atom is 0.280 e. The molecule has 0 aromatic carbocycles. The molecule has 0 unspecified atom stereocenters. The fourth-order valence-corrected chi connectivity index (χ4v) is 5.00. The van der Waals surface area contributed by atoms with Crippen LogP contribution in [0.4, 0.5) is 5.95 Å². The minimum atomic E-state index is -1.85. The van der Waals surface area contributed by atoms with E-state index in [1.54, 1.807) is 27.7 Å². The summed E-state index contributed by atoms with van der Waals surface area (Å²) in [6, 6.07) is 0. The molecule has 0 aliphatic carbocycles. The van der Waals surface area contributed by atoms with E-state index >= 15 is 0 Å². The second-order valence-electron chi connectivity index (χ2n) is 9.15. The van der Waals surface area contributed by atoms with Gasteiger partial charge in [0.25, 0.3) is 5.56 Å². The summed E-state index contributed by atoms with van der Waals surface area (Å²) in [6.45, 7) is 10.1. The van der Waals surface area contributed by atoms with Crippen molar-refractivity contribution in [3.05, 3.63) is 16.7 Å². The van der Waals surface area contributed by atoms with E-state index in [2.05, 4.69) is 20.3 Å². The lowest BCUT2D eigenvalue weighted by atomic mass is 9.68. The van der Waals surface area contributed by atoms with Crippen molar-refractivity contribution >= 4 is 23.0 Å². The highest BCUT2D eigenvalue weighted by atomic mass is 17.2. The maximum absolute atomic E-state index is 12.7. The summed E-state index contributed by atoms with van der Waals surface area (Å²) in [5.41, 5.74) is -7.07. The third kappa shape index (κ3) is 3.47. The molecule has 0 bridgehead atoms. The standard InChI is InChI=1S/C22H35N5O7/c1-8-20(11-33-32-7)19(6,30)21(31,9-2)22(10-3,34-20)27-12-23-14-15(27)24-18(26-17(14)29)25-16(28)13(4)5/h12-13,30-31H,8-11H2,1-7H3,(H2,24,25,26,28,29)/t19-,20-,21-,22-/m1/s1. The highest BCUT2D eigenvalue weighted by Crippen LogP contribution is 2.59. The third-order valence-electron chi connectivity index (χ3n) is 7.24. The third-order valence-corrected chi connectivity index (χ3v) is 7.24. The lowest BCUT2D eigenvalue weighted by Crippen LogP contribution is -2.65. The van der Waals surface area contributed by atoms with Crippen molar-refractivity contribution in [1.82, 2.24) is 19.5 Å². The van der Waals surface area contributed by atoms with Crippen LogP contribution in [-0.4, -0.2) is 66.2 Å². The summed E-state index contributed by atoms with van der Waals surface area (Å²) in [7, 11) is 1.35. The van der Waals surface area contributed by atoms with Gasteiger partial charge in [0.1, 0.15) is 23.4 Å². The smallest absolute Gasteiger partial charge is 0.280 e. The lowest BCUT2D eigenvalue weighted by molar-refractivity contribution is -0.320. The van der Waals surface area contributed by atoms with Crippen molar-refractivity contribution in [2.75, 3.05) is 19.0 Å². The van der Waals surface area contributed by atoms with Gasteiger partial charge in [0.05, 0.1) is 13.4 Å². The van der Waals surface area contributed by atoms with E-state index in [1.807, 2.05) is 6.92 Å². The van der Waals surface area contributed by atoms with E-state index in [1.165, 1.54) is 24.9 Å². The number of hydrogen-bond acceptors (Lipinski definition) is 9. The molecule has 0 radical (unpaired) electrons. The van der Waals surface area contributed by atoms with Crippen molar-refractivity contribution < 1.29 is 29.5 Å². The van der Waals surface area contributed by atoms with Crippen LogP contribution in [0.2, 0.25) is 0 Å². The van der Waals surface area contributed by atoms with Gasteiger partial charge in [-0.3, -0.25) is 24.5 Å². The Morgan fingerprint density at radius 2 is 1.94 bits per heavy atom. The van der Waals surface area contributed by atoms with Gasteiger partial charge in [-0.15, -0.1) is 0 Å². The van der Waals surface area contributed by atoms with E-state index in [4.69, 9.17) is 14.5 Å². The number of aliphatic hydroxyl groups is 2. The Morgan fingerprint density at radius 3 is 2.47 bits per heavy atom. The minimum Gasteiger partial charge on any atom is -0.384 e. The zero-order valence-electron chi connectivity index (χ0n) is 20.8. The molecule has 1 saturated heterocycles. The molecule has 2 aromatic rings. The van der Waals surface area contributed by atoms with Crippen molar-refractivity contribution in [2.45, 2.75) is 83.3 Å². The second-order valence-corrected chi connectivity index (χ2v) is 9.15. The SMILES string of the molecule is CC[C@]1(COOC)O[C@@](CC)(n2cnc3c(=O)[nH]c(NC(=O)C(C)C)nc32)[C@@](O)(CC)[C@]1(C)O. The molecule has 12 nitrogen and oxygen atoms in total. The number of carbonyl (C=O) groups excluding carboxylic acids is 1. The molecule has 1 aliphatic rings. The Balaban J connectivity index is 2.28. The molecule has 12 heteroatoms. The number of ether oxygens (including phenoxy) is 1. The van der Waals surface area contributed by atoms with Gasteiger partial charge in [0.15, 0.2) is 16.9 Å². The molecule has 3 heterocycles. The summed E-state index contributed by atoms with van der Waals surface area (Å²) in [4.78, 5) is 46.1. The van der Waals surface area contributed by atoms with Crippen LogP contribution in [0.25, 0.3) is 11.2 Å². The van der Waals surface area contributed by atoms with Crippen LogP contribution in [-0.2, 0) is 25.0 Å². The number of hydrogen-bond donors (Lipinski definition) is 4. The van der Waals surface area contributed by atoms with Gasteiger partial charge in [0.2, 0.25) is 11.9 Å². The number of carbonyl (C=O) groups is 1. The zero-order chi connectivity index (χ0) is 25.5. The normalized spacial score (nSPS) is 31.5. The van der Waals surface area contributed by atoms with Crippen LogP contribution in [0.3, 0.4) is 0 Å². The molecule has 1 fully saturated rings. The Bertz CT molecular complexity index is 1110. The van der Waals surface area contributed by atoms with E-state index in [0.717, 1.165) is 0 Å². The first-order chi connectivity index (χ1) is 15.9. The molecule has 4 N–H and O–H groups in total. The molecule has 0 spiro atoms. The van der Waals surface area contributed by atoms with E-state index < -0.39 is 28.1 Å².